The predicted octanol–water partition coefficient (Wildman–Crippen LogP) is 4.83. The molecule has 2 aromatic rings. The first-order valence-electron chi connectivity index (χ1n) is 11.2. The van der Waals surface area contributed by atoms with Gasteiger partial charge in [0.1, 0.15) is 30.6 Å². The summed E-state index contributed by atoms with van der Waals surface area (Å²) in [6.07, 6.45) is 1.05. The van der Waals surface area contributed by atoms with Gasteiger partial charge in [-0.25, -0.2) is 0 Å². The van der Waals surface area contributed by atoms with Crippen molar-refractivity contribution in [3.05, 3.63) is 71.4 Å². The molecule has 1 aliphatic carbocycles. The van der Waals surface area contributed by atoms with Crippen molar-refractivity contribution < 1.29 is 24.2 Å². The van der Waals surface area contributed by atoms with E-state index < -0.39 is 17.8 Å². The van der Waals surface area contributed by atoms with Gasteiger partial charge in [0.2, 0.25) is 0 Å². The number of nitrogens with zero attached hydrogens (tertiary/aromatic N) is 1. The normalized spacial score (nSPS) is 21.8. The van der Waals surface area contributed by atoms with Gasteiger partial charge in [0.15, 0.2) is 5.78 Å². The molecule has 2 atom stereocenters. The molecular weight excluding hydrogens is 418 g/mol. The summed E-state index contributed by atoms with van der Waals surface area (Å²) in [5.74, 6) is -0.960. The highest BCUT2D eigenvalue weighted by Gasteiger charge is 2.46. The van der Waals surface area contributed by atoms with Crippen LogP contribution in [0.1, 0.15) is 45.1 Å². The number of benzene rings is 2. The molecule has 6 nitrogen and oxygen atoms in total. The van der Waals surface area contributed by atoms with Crippen molar-refractivity contribution in [1.82, 2.24) is 0 Å². The average Bonchev–Trinajstić information content (AvgIpc) is 2.75. The minimum absolute atomic E-state index is 0.00365. The number of para-hydroxylation sites is 1. The van der Waals surface area contributed by atoms with E-state index in [1.54, 1.807) is 25.1 Å². The fourth-order valence-electron chi connectivity index (χ4n) is 4.74. The standard InChI is InChI=1S/C27H29NO5/c1-17-23(26(31)33-13-12-32-20-10-5-4-6-11-20)24(18-8-7-9-19(29)14-18)25-21(28-17)15-27(2,3)16-22(25)30/h4-11,14,23-24,29H,12-13,15-16H2,1-3H3/t23?,24-/m1/s1. The Hall–Kier alpha value is -3.41. The molecule has 0 amide bonds. The van der Waals surface area contributed by atoms with Gasteiger partial charge in [0.25, 0.3) is 0 Å². The third-order valence-electron chi connectivity index (χ3n) is 6.13. The van der Waals surface area contributed by atoms with Gasteiger partial charge in [-0.2, -0.15) is 0 Å². The summed E-state index contributed by atoms with van der Waals surface area (Å²) >= 11 is 0. The Morgan fingerprint density at radius 2 is 1.85 bits per heavy atom. The number of hydrogen-bond acceptors (Lipinski definition) is 6. The highest BCUT2D eigenvalue weighted by Crippen LogP contribution is 2.48. The lowest BCUT2D eigenvalue weighted by molar-refractivity contribution is -0.147. The van der Waals surface area contributed by atoms with Gasteiger partial charge in [-0.3, -0.25) is 14.6 Å². The molecule has 172 valence electrons. The number of allylic oxidation sites excluding steroid dienone is 2. The second-order valence-corrected chi connectivity index (χ2v) is 9.43. The van der Waals surface area contributed by atoms with Gasteiger partial charge in [-0.15, -0.1) is 0 Å². The minimum Gasteiger partial charge on any atom is -0.508 e. The van der Waals surface area contributed by atoms with Crippen molar-refractivity contribution in [2.45, 2.75) is 39.5 Å². The molecule has 6 heteroatoms. The molecule has 4 rings (SSSR count). The molecule has 33 heavy (non-hydrogen) atoms. The molecule has 0 bridgehead atoms. The van der Waals surface area contributed by atoms with Crippen molar-refractivity contribution in [1.29, 1.82) is 0 Å². The number of Topliss-reactive ketones (excluding diaryl/α,β-unsaturated/α-hetero) is 1. The Morgan fingerprint density at radius 3 is 2.58 bits per heavy atom. The summed E-state index contributed by atoms with van der Waals surface area (Å²) in [5.41, 5.74) is 2.42. The Balaban J connectivity index is 1.59. The number of carbonyl (C=O) groups excluding carboxylic acids is 2. The van der Waals surface area contributed by atoms with Crippen LogP contribution in [0.2, 0.25) is 0 Å². The van der Waals surface area contributed by atoms with Gasteiger partial charge in [-0.1, -0.05) is 44.2 Å². The van der Waals surface area contributed by atoms with Gasteiger partial charge < -0.3 is 14.6 Å². The topological polar surface area (TPSA) is 85.2 Å². The fourth-order valence-corrected chi connectivity index (χ4v) is 4.74. The number of ether oxygens (including phenoxy) is 2. The number of rotatable bonds is 6. The Kier molecular flexibility index (Phi) is 6.36. The Labute approximate surface area is 194 Å². The Bertz CT molecular complexity index is 1120. The highest BCUT2D eigenvalue weighted by atomic mass is 16.6. The molecule has 0 aromatic heterocycles. The van der Waals surface area contributed by atoms with Crippen LogP contribution < -0.4 is 4.74 Å². The van der Waals surface area contributed by atoms with E-state index in [1.165, 1.54) is 0 Å². The van der Waals surface area contributed by atoms with Crippen LogP contribution in [-0.4, -0.2) is 35.8 Å². The zero-order valence-electron chi connectivity index (χ0n) is 19.2. The number of ketones is 1. The molecule has 2 aromatic carbocycles. The zero-order valence-corrected chi connectivity index (χ0v) is 19.2. The van der Waals surface area contributed by atoms with Crippen LogP contribution in [0.5, 0.6) is 11.5 Å². The van der Waals surface area contributed by atoms with E-state index >= 15 is 0 Å². The molecule has 1 heterocycles. The first-order chi connectivity index (χ1) is 15.7. The third-order valence-corrected chi connectivity index (χ3v) is 6.13. The third kappa shape index (κ3) is 5.00. The molecule has 1 unspecified atom stereocenters. The van der Waals surface area contributed by atoms with Crippen LogP contribution in [0, 0.1) is 11.3 Å². The highest BCUT2D eigenvalue weighted by molar-refractivity contribution is 6.09. The maximum Gasteiger partial charge on any atom is 0.315 e. The van der Waals surface area contributed by atoms with Crippen molar-refractivity contribution in [3.8, 4) is 11.5 Å². The summed E-state index contributed by atoms with van der Waals surface area (Å²) in [6, 6.07) is 16.1. The van der Waals surface area contributed by atoms with Gasteiger partial charge >= 0.3 is 5.97 Å². The molecule has 0 radical (unpaired) electrons. The molecule has 0 saturated carbocycles. The van der Waals surface area contributed by atoms with Crippen molar-refractivity contribution >= 4 is 17.5 Å². The van der Waals surface area contributed by atoms with Crippen LogP contribution in [0.25, 0.3) is 0 Å². The maximum atomic E-state index is 13.2. The summed E-state index contributed by atoms with van der Waals surface area (Å²) in [4.78, 5) is 31.2. The zero-order chi connectivity index (χ0) is 23.6. The van der Waals surface area contributed by atoms with Crippen LogP contribution in [0.15, 0.2) is 70.9 Å². The van der Waals surface area contributed by atoms with E-state index in [-0.39, 0.29) is 30.2 Å². The quantitative estimate of drug-likeness (QED) is 0.506. The molecule has 0 fully saturated rings. The van der Waals surface area contributed by atoms with Gasteiger partial charge in [-0.05, 0) is 48.6 Å². The van der Waals surface area contributed by atoms with Crippen molar-refractivity contribution in [2.75, 3.05) is 13.2 Å². The van der Waals surface area contributed by atoms with Crippen LogP contribution in [-0.2, 0) is 14.3 Å². The van der Waals surface area contributed by atoms with Crippen LogP contribution in [0.4, 0.5) is 0 Å². The first kappa shape index (κ1) is 22.8. The minimum atomic E-state index is -0.743. The largest absolute Gasteiger partial charge is 0.508 e. The number of esters is 1. The maximum absolute atomic E-state index is 13.2. The van der Waals surface area contributed by atoms with E-state index in [4.69, 9.17) is 14.5 Å². The number of carbonyl (C=O) groups is 2. The van der Waals surface area contributed by atoms with Crippen molar-refractivity contribution in [2.24, 2.45) is 16.3 Å². The number of aromatic hydroxyl groups is 1. The van der Waals surface area contributed by atoms with Crippen molar-refractivity contribution in [3.63, 3.8) is 0 Å². The summed E-state index contributed by atoms with van der Waals surface area (Å²) in [6.45, 7) is 6.21. The van der Waals surface area contributed by atoms with Gasteiger partial charge in [0.05, 0.1) is 0 Å². The van der Waals surface area contributed by atoms with Crippen LogP contribution >= 0.6 is 0 Å². The van der Waals surface area contributed by atoms with E-state index in [2.05, 4.69) is 13.8 Å². The molecule has 1 N–H and O–H groups in total. The lowest BCUT2D eigenvalue weighted by Gasteiger charge is -2.39. The summed E-state index contributed by atoms with van der Waals surface area (Å²) < 4.78 is 11.2. The summed E-state index contributed by atoms with van der Waals surface area (Å²) in [5, 5.41) is 10.1. The van der Waals surface area contributed by atoms with Crippen LogP contribution in [0.3, 0.4) is 0 Å². The fraction of sp³-hybridized carbons (Fsp3) is 0.370. The second-order valence-electron chi connectivity index (χ2n) is 9.43. The van der Waals surface area contributed by atoms with E-state index in [0.717, 1.165) is 5.70 Å². The Morgan fingerprint density at radius 1 is 1.09 bits per heavy atom. The monoisotopic (exact) mass is 447 g/mol. The molecule has 0 spiro atoms. The van der Waals surface area contributed by atoms with E-state index in [0.29, 0.717) is 35.4 Å². The second kappa shape index (κ2) is 9.22. The molecule has 1 aliphatic heterocycles. The number of phenolic OH excluding ortho intramolecular Hbond substituents is 1. The number of phenols is 1. The summed E-state index contributed by atoms with van der Waals surface area (Å²) in [7, 11) is 0. The molecule has 2 aliphatic rings. The lowest BCUT2D eigenvalue weighted by Crippen LogP contribution is -2.39. The SMILES string of the molecule is CC1=NC2=C(C(=O)CC(C)(C)C2)[C@H](c2cccc(O)c2)C1C(=O)OCCOc1ccccc1. The number of hydrogen-bond donors (Lipinski definition) is 1. The molecular formula is C27H29NO5. The predicted molar refractivity (Wildman–Crippen MR) is 125 cm³/mol. The number of aliphatic imine (C=N–C) groups is 1. The molecule has 0 saturated heterocycles. The van der Waals surface area contributed by atoms with E-state index in [9.17, 15) is 14.7 Å². The lowest BCUT2D eigenvalue weighted by atomic mass is 9.67. The smallest absolute Gasteiger partial charge is 0.315 e. The average molecular weight is 448 g/mol. The van der Waals surface area contributed by atoms with Gasteiger partial charge in [0, 0.05) is 29.3 Å². The first-order valence-corrected chi connectivity index (χ1v) is 11.2. The van der Waals surface area contributed by atoms with E-state index in [1.807, 2.05) is 36.4 Å².